The maximum Gasteiger partial charge on any atom is 0.311 e. The van der Waals surface area contributed by atoms with Crippen LogP contribution < -0.4 is 4.74 Å². The molecule has 0 spiro atoms. The van der Waals surface area contributed by atoms with Gasteiger partial charge < -0.3 is 14.4 Å². The zero-order valence-corrected chi connectivity index (χ0v) is 17.2. The average molecular weight is 405 g/mol. The number of hydrogen-bond donors (Lipinski definition) is 0. The normalized spacial score (nSPS) is 27.0. The van der Waals surface area contributed by atoms with E-state index in [9.17, 15) is 18.8 Å². The SMILES string of the molecule is COc1ccc(C(=O)COC(=O)[C@@H]2CC(=O)N([C@@H]3CCC[C@@H](C)[C@H]3C)C2)cc1F. The van der Waals surface area contributed by atoms with E-state index in [1.807, 2.05) is 4.90 Å². The maximum atomic E-state index is 13.7. The van der Waals surface area contributed by atoms with Crippen LogP contribution in [0.2, 0.25) is 0 Å². The molecule has 1 aromatic carbocycles. The van der Waals surface area contributed by atoms with Gasteiger partial charge in [-0.1, -0.05) is 26.7 Å². The van der Waals surface area contributed by atoms with Crippen molar-refractivity contribution >= 4 is 17.7 Å². The molecule has 29 heavy (non-hydrogen) atoms. The van der Waals surface area contributed by atoms with Gasteiger partial charge in [0, 0.05) is 24.6 Å². The molecule has 1 heterocycles. The molecule has 0 N–H and O–H groups in total. The number of hydrogen-bond acceptors (Lipinski definition) is 5. The molecule has 0 aromatic heterocycles. The lowest BCUT2D eigenvalue weighted by atomic mass is 9.77. The summed E-state index contributed by atoms with van der Waals surface area (Å²) < 4.78 is 23.7. The van der Waals surface area contributed by atoms with Crippen LogP contribution in [0.3, 0.4) is 0 Å². The number of amides is 1. The largest absolute Gasteiger partial charge is 0.494 e. The second-order valence-electron chi connectivity index (χ2n) is 8.16. The average Bonchev–Trinajstić information content (AvgIpc) is 3.09. The van der Waals surface area contributed by atoms with Crippen LogP contribution in [-0.2, 0) is 14.3 Å². The highest BCUT2D eigenvalue weighted by molar-refractivity contribution is 5.98. The van der Waals surface area contributed by atoms with Gasteiger partial charge in [0.25, 0.3) is 0 Å². The number of benzene rings is 1. The van der Waals surface area contributed by atoms with Crippen molar-refractivity contribution in [2.24, 2.45) is 17.8 Å². The van der Waals surface area contributed by atoms with Crippen molar-refractivity contribution in [1.82, 2.24) is 4.90 Å². The van der Waals surface area contributed by atoms with E-state index in [4.69, 9.17) is 9.47 Å². The summed E-state index contributed by atoms with van der Waals surface area (Å²) in [6.07, 6.45) is 3.32. The van der Waals surface area contributed by atoms with Gasteiger partial charge in [-0.2, -0.15) is 0 Å². The van der Waals surface area contributed by atoms with Crippen molar-refractivity contribution in [3.05, 3.63) is 29.6 Å². The molecule has 7 heteroatoms. The van der Waals surface area contributed by atoms with Crippen LogP contribution in [0.25, 0.3) is 0 Å². The van der Waals surface area contributed by atoms with Crippen LogP contribution in [0.4, 0.5) is 4.39 Å². The lowest BCUT2D eigenvalue weighted by Gasteiger charge is -2.39. The Morgan fingerprint density at radius 2 is 2.00 bits per heavy atom. The molecule has 0 radical (unpaired) electrons. The number of halogens is 1. The molecule has 2 fully saturated rings. The number of methoxy groups -OCH3 is 1. The minimum atomic E-state index is -0.655. The fourth-order valence-electron chi connectivity index (χ4n) is 4.38. The Hall–Kier alpha value is -2.44. The molecule has 158 valence electrons. The van der Waals surface area contributed by atoms with Gasteiger partial charge in [0.05, 0.1) is 13.0 Å². The summed E-state index contributed by atoms with van der Waals surface area (Å²) in [7, 11) is 1.34. The Labute approximate surface area is 170 Å². The molecule has 1 saturated carbocycles. The monoisotopic (exact) mass is 405 g/mol. The minimum Gasteiger partial charge on any atom is -0.494 e. The number of nitrogens with zero attached hydrogens (tertiary/aromatic N) is 1. The Kier molecular flexibility index (Phi) is 6.55. The van der Waals surface area contributed by atoms with Gasteiger partial charge in [0.2, 0.25) is 5.91 Å². The van der Waals surface area contributed by atoms with Crippen molar-refractivity contribution in [2.45, 2.75) is 45.6 Å². The lowest BCUT2D eigenvalue weighted by molar-refractivity contribution is -0.147. The van der Waals surface area contributed by atoms with Crippen LogP contribution >= 0.6 is 0 Å². The highest BCUT2D eigenvalue weighted by Gasteiger charge is 2.42. The third-order valence-electron chi connectivity index (χ3n) is 6.38. The van der Waals surface area contributed by atoms with Gasteiger partial charge in [-0.25, -0.2) is 4.39 Å². The van der Waals surface area contributed by atoms with Crippen LogP contribution in [0, 0.1) is 23.6 Å². The van der Waals surface area contributed by atoms with Gasteiger partial charge in [-0.05, 0) is 36.5 Å². The first kappa shape index (κ1) is 21.3. The number of esters is 1. The first-order chi connectivity index (χ1) is 13.8. The summed E-state index contributed by atoms with van der Waals surface area (Å²) in [5.41, 5.74) is 0.102. The molecule has 1 saturated heterocycles. The summed E-state index contributed by atoms with van der Waals surface area (Å²) in [5.74, 6) is -1.32. The number of Topliss-reactive ketones (excluding diaryl/α,β-unsaturated/α-hetero) is 1. The summed E-state index contributed by atoms with van der Waals surface area (Å²) in [4.78, 5) is 39.0. The fourth-order valence-corrected chi connectivity index (χ4v) is 4.38. The number of carbonyl (C=O) groups is 3. The van der Waals surface area contributed by atoms with Crippen LogP contribution in [0.15, 0.2) is 18.2 Å². The zero-order chi connectivity index (χ0) is 21.1. The van der Waals surface area contributed by atoms with Gasteiger partial charge in [-0.3, -0.25) is 14.4 Å². The van der Waals surface area contributed by atoms with E-state index in [2.05, 4.69) is 13.8 Å². The molecular weight excluding hydrogens is 377 g/mol. The summed E-state index contributed by atoms with van der Waals surface area (Å²) in [6.45, 7) is 4.23. The smallest absolute Gasteiger partial charge is 0.311 e. The lowest BCUT2D eigenvalue weighted by Crippen LogP contribution is -2.45. The predicted molar refractivity (Wildman–Crippen MR) is 104 cm³/mol. The molecule has 1 aliphatic carbocycles. The number of rotatable bonds is 6. The number of ether oxygens (including phenoxy) is 2. The highest BCUT2D eigenvalue weighted by atomic mass is 19.1. The second kappa shape index (κ2) is 8.93. The van der Waals surface area contributed by atoms with Crippen molar-refractivity contribution in [1.29, 1.82) is 0 Å². The van der Waals surface area contributed by atoms with Gasteiger partial charge in [0.1, 0.15) is 0 Å². The highest BCUT2D eigenvalue weighted by Crippen LogP contribution is 2.36. The van der Waals surface area contributed by atoms with Gasteiger partial charge in [-0.15, -0.1) is 0 Å². The van der Waals surface area contributed by atoms with E-state index in [0.29, 0.717) is 18.4 Å². The quantitative estimate of drug-likeness (QED) is 0.537. The third-order valence-corrected chi connectivity index (χ3v) is 6.38. The Bertz CT molecular complexity index is 795. The first-order valence-corrected chi connectivity index (χ1v) is 10.1. The zero-order valence-electron chi connectivity index (χ0n) is 17.2. The van der Waals surface area contributed by atoms with Crippen LogP contribution in [-0.4, -0.2) is 48.9 Å². The number of likely N-dealkylation sites (tertiary alicyclic amines) is 1. The fraction of sp³-hybridized carbons (Fsp3) is 0.591. The van der Waals surface area contributed by atoms with Crippen LogP contribution in [0.5, 0.6) is 5.75 Å². The van der Waals surface area contributed by atoms with E-state index < -0.39 is 30.1 Å². The Morgan fingerprint density at radius 1 is 1.24 bits per heavy atom. The Morgan fingerprint density at radius 3 is 2.69 bits per heavy atom. The molecule has 1 amide bonds. The van der Waals surface area contributed by atoms with Crippen molar-refractivity contribution in [3.8, 4) is 5.75 Å². The molecule has 2 aliphatic rings. The van der Waals surface area contributed by atoms with E-state index in [-0.39, 0.29) is 29.7 Å². The molecule has 3 rings (SSSR count). The molecule has 6 nitrogen and oxygen atoms in total. The third kappa shape index (κ3) is 4.60. The molecule has 4 atom stereocenters. The maximum absolute atomic E-state index is 13.7. The van der Waals surface area contributed by atoms with Crippen LogP contribution in [0.1, 0.15) is 49.9 Å². The van der Waals surface area contributed by atoms with E-state index in [1.54, 1.807) is 0 Å². The molecule has 1 aliphatic heterocycles. The topological polar surface area (TPSA) is 72.9 Å². The van der Waals surface area contributed by atoms with E-state index in [1.165, 1.54) is 25.7 Å². The van der Waals surface area contributed by atoms with Crippen molar-refractivity contribution in [3.63, 3.8) is 0 Å². The first-order valence-electron chi connectivity index (χ1n) is 10.1. The molecular formula is C22H28FNO5. The van der Waals surface area contributed by atoms with Gasteiger partial charge >= 0.3 is 5.97 Å². The molecule has 1 aromatic rings. The molecule has 0 unspecified atom stereocenters. The Balaban J connectivity index is 1.55. The van der Waals surface area contributed by atoms with E-state index in [0.717, 1.165) is 18.9 Å². The molecule has 0 bridgehead atoms. The predicted octanol–water partition coefficient (Wildman–Crippen LogP) is 3.23. The van der Waals surface area contributed by atoms with Gasteiger partial charge in [0.15, 0.2) is 24.0 Å². The standard InChI is InChI=1S/C22H28FNO5/c1-13-5-4-6-18(14(13)2)24-11-16(10-21(24)26)22(27)29-12-19(25)15-7-8-20(28-3)17(23)9-15/h7-9,13-14,16,18H,4-6,10-12H2,1-3H3/t13-,14-,16-,18-/m1/s1. The van der Waals surface area contributed by atoms with E-state index >= 15 is 0 Å². The van der Waals surface area contributed by atoms with Crippen molar-refractivity contribution in [2.75, 3.05) is 20.3 Å². The number of carbonyl (C=O) groups excluding carboxylic acids is 3. The summed E-state index contributed by atoms with van der Waals surface area (Å²) in [6, 6.07) is 3.99. The second-order valence-corrected chi connectivity index (χ2v) is 8.16. The number of ketones is 1. The summed E-state index contributed by atoms with van der Waals surface area (Å²) >= 11 is 0. The minimum absolute atomic E-state index is 0.0264. The van der Waals surface area contributed by atoms with Crippen molar-refractivity contribution < 1.29 is 28.2 Å². The summed E-state index contributed by atoms with van der Waals surface area (Å²) in [5, 5.41) is 0.